The molecule has 114 valence electrons. The second-order valence-corrected chi connectivity index (χ2v) is 7.36. The van der Waals surface area contributed by atoms with Crippen LogP contribution < -0.4 is 0 Å². The van der Waals surface area contributed by atoms with E-state index in [1.807, 2.05) is 0 Å². The van der Waals surface area contributed by atoms with Crippen LogP contribution in [0.25, 0.3) is 0 Å². The van der Waals surface area contributed by atoms with Crippen LogP contribution in [0, 0.1) is 11.8 Å². The van der Waals surface area contributed by atoms with Crippen LogP contribution in [-0.4, -0.2) is 60.7 Å². The van der Waals surface area contributed by atoms with Crippen molar-refractivity contribution in [3.05, 3.63) is 0 Å². The first-order valence-electron chi connectivity index (χ1n) is 8.37. The van der Waals surface area contributed by atoms with E-state index >= 15 is 0 Å². The fourth-order valence-electron chi connectivity index (χ4n) is 5.07. The molecule has 0 radical (unpaired) electrons. The molecule has 2 bridgehead atoms. The third-order valence-electron chi connectivity index (χ3n) is 6.41. The van der Waals surface area contributed by atoms with Crippen LogP contribution in [0.1, 0.15) is 38.5 Å². The Balaban J connectivity index is 1.52. The molecule has 0 aromatic rings. The molecule has 4 heterocycles. The predicted molar refractivity (Wildman–Crippen MR) is 75.6 cm³/mol. The van der Waals surface area contributed by atoms with E-state index < -0.39 is 5.60 Å². The maximum Gasteiger partial charge on any atom is 0.0730 e. The van der Waals surface area contributed by atoms with Gasteiger partial charge in [0.1, 0.15) is 0 Å². The lowest BCUT2D eigenvalue weighted by molar-refractivity contribution is -0.190. The Morgan fingerprint density at radius 1 is 0.950 bits per heavy atom. The Morgan fingerprint density at radius 3 is 2.65 bits per heavy atom. The molecule has 4 heteroatoms. The summed E-state index contributed by atoms with van der Waals surface area (Å²) in [6, 6.07) is 0. The van der Waals surface area contributed by atoms with Gasteiger partial charge in [-0.1, -0.05) is 0 Å². The zero-order chi connectivity index (χ0) is 13.6. The van der Waals surface area contributed by atoms with Crippen LogP contribution in [-0.2, 0) is 9.47 Å². The van der Waals surface area contributed by atoms with Crippen molar-refractivity contribution >= 4 is 0 Å². The number of hydrogen-bond acceptors (Lipinski definition) is 4. The van der Waals surface area contributed by atoms with Crippen LogP contribution in [0.5, 0.6) is 0 Å². The van der Waals surface area contributed by atoms with Crippen LogP contribution in [0.15, 0.2) is 0 Å². The Hall–Kier alpha value is -0.160. The van der Waals surface area contributed by atoms with E-state index in [0.717, 1.165) is 65.0 Å². The molecule has 4 aliphatic rings. The number of hydrogen-bond donors (Lipinski definition) is 1. The molecule has 0 aliphatic carbocycles. The van der Waals surface area contributed by atoms with Crippen molar-refractivity contribution in [1.82, 2.24) is 4.90 Å². The predicted octanol–water partition coefficient (Wildman–Crippen LogP) is 1.42. The fraction of sp³-hybridized carbons (Fsp3) is 1.00. The van der Waals surface area contributed by atoms with Gasteiger partial charge in [0.05, 0.1) is 11.2 Å². The van der Waals surface area contributed by atoms with Gasteiger partial charge < -0.3 is 19.5 Å². The molecule has 0 amide bonds. The highest BCUT2D eigenvalue weighted by molar-refractivity contribution is 5.04. The fourth-order valence-corrected chi connectivity index (χ4v) is 5.07. The van der Waals surface area contributed by atoms with Gasteiger partial charge in [-0.25, -0.2) is 0 Å². The summed E-state index contributed by atoms with van der Waals surface area (Å²) in [6.45, 7) is 5.85. The molecule has 0 aromatic carbocycles. The van der Waals surface area contributed by atoms with Gasteiger partial charge in [0.15, 0.2) is 0 Å². The van der Waals surface area contributed by atoms with E-state index in [1.54, 1.807) is 0 Å². The standard InChI is InChI=1S/C16H27NO3/c18-16(3-7-17-6-1-14(16)12-17)13-2-8-20-15(11-13)4-9-19-10-5-15/h13-14,18H,1-12H2. The highest BCUT2D eigenvalue weighted by atomic mass is 16.5. The van der Waals surface area contributed by atoms with Crippen LogP contribution in [0.3, 0.4) is 0 Å². The summed E-state index contributed by atoms with van der Waals surface area (Å²) < 4.78 is 11.7. The summed E-state index contributed by atoms with van der Waals surface area (Å²) in [4.78, 5) is 2.52. The van der Waals surface area contributed by atoms with E-state index in [9.17, 15) is 5.11 Å². The van der Waals surface area contributed by atoms with Crippen LogP contribution in [0.4, 0.5) is 0 Å². The average Bonchev–Trinajstić information content (AvgIpc) is 2.89. The summed E-state index contributed by atoms with van der Waals surface area (Å²) in [6.07, 6.45) is 6.25. The average molecular weight is 281 g/mol. The van der Waals surface area contributed by atoms with Gasteiger partial charge in [-0.15, -0.1) is 0 Å². The summed E-state index contributed by atoms with van der Waals surface area (Å²) in [5.74, 6) is 0.927. The smallest absolute Gasteiger partial charge is 0.0730 e. The van der Waals surface area contributed by atoms with Crippen LogP contribution >= 0.6 is 0 Å². The molecule has 4 atom stereocenters. The molecule has 1 spiro atoms. The first kappa shape index (κ1) is 13.5. The summed E-state index contributed by atoms with van der Waals surface area (Å²) in [5.41, 5.74) is -0.422. The second-order valence-electron chi connectivity index (χ2n) is 7.36. The van der Waals surface area contributed by atoms with E-state index in [1.165, 1.54) is 13.0 Å². The summed E-state index contributed by atoms with van der Waals surface area (Å²) >= 11 is 0. The Bertz CT molecular complexity index is 363. The molecule has 1 N–H and O–H groups in total. The molecule has 4 saturated heterocycles. The maximum atomic E-state index is 11.4. The minimum Gasteiger partial charge on any atom is -0.389 e. The molecule has 4 fully saturated rings. The Kier molecular flexibility index (Phi) is 3.33. The van der Waals surface area contributed by atoms with E-state index in [0.29, 0.717) is 11.8 Å². The lowest BCUT2D eigenvalue weighted by atomic mass is 9.66. The van der Waals surface area contributed by atoms with Gasteiger partial charge in [0, 0.05) is 38.8 Å². The van der Waals surface area contributed by atoms with Crippen molar-refractivity contribution < 1.29 is 14.6 Å². The molecular weight excluding hydrogens is 254 g/mol. The van der Waals surface area contributed by atoms with Crippen molar-refractivity contribution in [2.75, 3.05) is 39.5 Å². The van der Waals surface area contributed by atoms with Gasteiger partial charge in [-0.3, -0.25) is 0 Å². The van der Waals surface area contributed by atoms with Gasteiger partial charge in [0.25, 0.3) is 0 Å². The van der Waals surface area contributed by atoms with Crippen molar-refractivity contribution in [2.45, 2.75) is 49.7 Å². The Labute approximate surface area is 121 Å². The number of nitrogens with zero attached hydrogens (tertiary/aromatic N) is 1. The van der Waals surface area contributed by atoms with E-state index in [4.69, 9.17) is 9.47 Å². The van der Waals surface area contributed by atoms with Crippen molar-refractivity contribution in [1.29, 1.82) is 0 Å². The number of aliphatic hydroxyl groups is 1. The van der Waals surface area contributed by atoms with Gasteiger partial charge in [-0.05, 0) is 51.0 Å². The lowest BCUT2D eigenvalue weighted by Crippen LogP contribution is -2.56. The highest BCUT2D eigenvalue weighted by Crippen LogP contribution is 2.48. The quantitative estimate of drug-likeness (QED) is 0.789. The highest BCUT2D eigenvalue weighted by Gasteiger charge is 2.53. The monoisotopic (exact) mass is 281 g/mol. The molecule has 0 aromatic heterocycles. The zero-order valence-corrected chi connectivity index (χ0v) is 12.4. The molecule has 20 heavy (non-hydrogen) atoms. The number of rotatable bonds is 1. The first-order valence-corrected chi connectivity index (χ1v) is 8.37. The minimum absolute atomic E-state index is 0.00658. The minimum atomic E-state index is -0.428. The van der Waals surface area contributed by atoms with Crippen molar-refractivity contribution in [2.24, 2.45) is 11.8 Å². The molecule has 4 unspecified atom stereocenters. The zero-order valence-electron chi connectivity index (χ0n) is 12.4. The van der Waals surface area contributed by atoms with Gasteiger partial charge >= 0.3 is 0 Å². The van der Waals surface area contributed by atoms with Crippen molar-refractivity contribution in [3.63, 3.8) is 0 Å². The SMILES string of the molecule is OC1(C2CCOC3(CCOCC3)C2)CCN2CCC1C2. The van der Waals surface area contributed by atoms with Crippen LogP contribution in [0.2, 0.25) is 0 Å². The third kappa shape index (κ3) is 2.12. The summed E-state index contributed by atoms with van der Waals surface area (Å²) in [5, 5.41) is 11.4. The maximum absolute atomic E-state index is 11.4. The molecular formula is C16H27NO3. The Morgan fingerprint density at radius 2 is 1.80 bits per heavy atom. The van der Waals surface area contributed by atoms with E-state index in [-0.39, 0.29) is 5.60 Å². The molecule has 4 aliphatic heterocycles. The lowest BCUT2D eigenvalue weighted by Gasteiger charge is -2.51. The summed E-state index contributed by atoms with van der Waals surface area (Å²) in [7, 11) is 0. The first-order chi connectivity index (χ1) is 9.70. The number of ether oxygens (including phenoxy) is 2. The second kappa shape index (κ2) is 4.94. The largest absolute Gasteiger partial charge is 0.389 e. The molecule has 0 saturated carbocycles. The number of fused-ring (bicyclic) bond motifs is 2. The normalized spacial score (nSPS) is 47.5. The van der Waals surface area contributed by atoms with Gasteiger partial charge in [0.2, 0.25) is 0 Å². The van der Waals surface area contributed by atoms with Gasteiger partial charge in [-0.2, -0.15) is 0 Å². The molecule has 4 nitrogen and oxygen atoms in total. The van der Waals surface area contributed by atoms with Crippen molar-refractivity contribution in [3.8, 4) is 0 Å². The topological polar surface area (TPSA) is 41.9 Å². The van der Waals surface area contributed by atoms with E-state index in [2.05, 4.69) is 4.90 Å². The third-order valence-corrected chi connectivity index (χ3v) is 6.41. The molecule has 4 rings (SSSR count). The number of piperidine rings is 1.